The highest BCUT2D eigenvalue weighted by molar-refractivity contribution is 7.17. The Morgan fingerprint density at radius 1 is 1.00 bits per heavy atom. The largest absolute Gasteiger partial charge is 0.365 e. The molecule has 0 aliphatic rings. The first-order valence-corrected chi connectivity index (χ1v) is 10.7. The molecule has 0 aliphatic heterocycles. The molecule has 0 saturated carbocycles. The number of nitrogens with one attached hydrogen (secondary N) is 2. The maximum absolute atomic E-state index is 12.9. The molecular formula is C24H25N3O3S. The predicted octanol–water partition coefficient (Wildman–Crippen LogP) is 4.34. The smallest absolute Gasteiger partial charge is 0.252 e. The highest BCUT2D eigenvalue weighted by Gasteiger charge is 2.24. The Labute approximate surface area is 185 Å². The second-order valence-electron chi connectivity index (χ2n) is 7.38. The van der Waals surface area contributed by atoms with Crippen LogP contribution in [0.3, 0.4) is 0 Å². The molecule has 7 heteroatoms. The minimum absolute atomic E-state index is 0.0263. The molecule has 3 amide bonds. The SMILES string of the molecule is CC(=O)NC(CC(=O)Nc1sc(C)c(-c2ccccc2)c1C(N)=O)c1ccc(C)cc1. The van der Waals surface area contributed by atoms with Gasteiger partial charge in [0, 0.05) is 17.4 Å². The standard InChI is InChI=1S/C24H25N3O3S/c1-14-9-11-17(12-10-14)19(26-16(3)28)13-20(29)27-24-22(23(25)30)21(15(2)31-24)18-7-5-4-6-8-18/h4-12,19H,13H2,1-3H3,(H2,25,30)(H,26,28)(H,27,29). The minimum Gasteiger partial charge on any atom is -0.365 e. The fourth-order valence-electron chi connectivity index (χ4n) is 3.48. The van der Waals surface area contributed by atoms with E-state index in [0.29, 0.717) is 10.6 Å². The van der Waals surface area contributed by atoms with Gasteiger partial charge in [-0.1, -0.05) is 60.2 Å². The maximum Gasteiger partial charge on any atom is 0.252 e. The van der Waals surface area contributed by atoms with Crippen molar-refractivity contribution in [2.75, 3.05) is 5.32 Å². The molecule has 160 valence electrons. The van der Waals surface area contributed by atoms with Crippen LogP contribution in [0, 0.1) is 13.8 Å². The summed E-state index contributed by atoms with van der Waals surface area (Å²) in [6, 6.07) is 16.6. The van der Waals surface area contributed by atoms with Gasteiger partial charge < -0.3 is 16.4 Å². The number of hydrogen-bond donors (Lipinski definition) is 3. The molecule has 0 fully saturated rings. The highest BCUT2D eigenvalue weighted by atomic mass is 32.1. The van der Waals surface area contributed by atoms with E-state index in [1.807, 2.05) is 68.4 Å². The van der Waals surface area contributed by atoms with Crippen LogP contribution in [0.2, 0.25) is 0 Å². The van der Waals surface area contributed by atoms with Gasteiger partial charge in [0.2, 0.25) is 11.8 Å². The van der Waals surface area contributed by atoms with Crippen molar-refractivity contribution in [3.63, 3.8) is 0 Å². The summed E-state index contributed by atoms with van der Waals surface area (Å²) < 4.78 is 0. The lowest BCUT2D eigenvalue weighted by atomic mass is 10.0. The summed E-state index contributed by atoms with van der Waals surface area (Å²) in [6.45, 7) is 5.28. The van der Waals surface area contributed by atoms with Crippen LogP contribution in [-0.4, -0.2) is 17.7 Å². The molecule has 1 unspecified atom stereocenters. The molecule has 0 aliphatic carbocycles. The van der Waals surface area contributed by atoms with Crippen molar-refractivity contribution in [2.24, 2.45) is 5.73 Å². The van der Waals surface area contributed by atoms with E-state index in [1.54, 1.807) is 0 Å². The number of aryl methyl sites for hydroxylation is 2. The first kappa shape index (κ1) is 22.2. The summed E-state index contributed by atoms with van der Waals surface area (Å²) in [7, 11) is 0. The number of carbonyl (C=O) groups excluding carboxylic acids is 3. The molecule has 0 saturated heterocycles. The monoisotopic (exact) mass is 435 g/mol. The molecule has 1 aromatic heterocycles. The lowest BCUT2D eigenvalue weighted by Crippen LogP contribution is -2.30. The zero-order valence-electron chi connectivity index (χ0n) is 17.7. The molecule has 31 heavy (non-hydrogen) atoms. The van der Waals surface area contributed by atoms with Crippen LogP contribution in [-0.2, 0) is 9.59 Å². The molecule has 0 bridgehead atoms. The van der Waals surface area contributed by atoms with Crippen LogP contribution in [0.15, 0.2) is 54.6 Å². The third-order valence-electron chi connectivity index (χ3n) is 4.89. The van der Waals surface area contributed by atoms with Gasteiger partial charge in [-0.2, -0.15) is 0 Å². The van der Waals surface area contributed by atoms with Crippen molar-refractivity contribution >= 4 is 34.1 Å². The highest BCUT2D eigenvalue weighted by Crippen LogP contribution is 2.39. The van der Waals surface area contributed by atoms with Gasteiger partial charge >= 0.3 is 0 Å². The first-order chi connectivity index (χ1) is 14.8. The van der Waals surface area contributed by atoms with Crippen molar-refractivity contribution in [1.29, 1.82) is 0 Å². The molecule has 4 N–H and O–H groups in total. The van der Waals surface area contributed by atoms with Crippen LogP contribution in [0.25, 0.3) is 11.1 Å². The third kappa shape index (κ3) is 5.38. The van der Waals surface area contributed by atoms with Gasteiger partial charge in [-0.05, 0) is 25.0 Å². The zero-order chi connectivity index (χ0) is 22.5. The topological polar surface area (TPSA) is 101 Å². The zero-order valence-corrected chi connectivity index (χ0v) is 18.5. The number of hydrogen-bond acceptors (Lipinski definition) is 4. The van der Waals surface area contributed by atoms with Crippen LogP contribution in [0.4, 0.5) is 5.00 Å². The number of rotatable bonds is 7. The summed E-state index contributed by atoms with van der Waals surface area (Å²) in [5.41, 5.74) is 9.48. The first-order valence-electron chi connectivity index (χ1n) is 9.88. The van der Waals surface area contributed by atoms with Crippen molar-refractivity contribution in [3.8, 4) is 11.1 Å². The van der Waals surface area contributed by atoms with Crippen molar-refractivity contribution in [1.82, 2.24) is 5.32 Å². The second kappa shape index (κ2) is 9.57. The number of primary amides is 1. The van der Waals surface area contributed by atoms with Crippen LogP contribution >= 0.6 is 11.3 Å². The van der Waals surface area contributed by atoms with Gasteiger partial charge in [-0.3, -0.25) is 14.4 Å². The number of thiophene rings is 1. The quantitative estimate of drug-likeness (QED) is 0.515. The lowest BCUT2D eigenvalue weighted by Gasteiger charge is -2.18. The van der Waals surface area contributed by atoms with Gasteiger partial charge in [-0.25, -0.2) is 0 Å². The molecular weight excluding hydrogens is 410 g/mol. The van der Waals surface area contributed by atoms with Crippen LogP contribution < -0.4 is 16.4 Å². The van der Waals surface area contributed by atoms with Gasteiger partial charge in [0.05, 0.1) is 18.0 Å². The average Bonchev–Trinajstić information content (AvgIpc) is 3.04. The lowest BCUT2D eigenvalue weighted by molar-refractivity contribution is -0.120. The van der Waals surface area contributed by atoms with E-state index in [1.165, 1.54) is 18.3 Å². The Morgan fingerprint density at radius 2 is 1.65 bits per heavy atom. The van der Waals surface area contributed by atoms with Gasteiger partial charge in [0.25, 0.3) is 5.91 Å². The Bertz CT molecular complexity index is 1110. The summed E-state index contributed by atoms with van der Waals surface area (Å²) in [4.78, 5) is 37.7. The molecule has 6 nitrogen and oxygen atoms in total. The van der Waals surface area contributed by atoms with Gasteiger partial charge in [-0.15, -0.1) is 11.3 Å². The van der Waals surface area contributed by atoms with E-state index < -0.39 is 11.9 Å². The van der Waals surface area contributed by atoms with Crippen molar-refractivity contribution in [3.05, 3.63) is 76.2 Å². The molecule has 1 heterocycles. The second-order valence-corrected chi connectivity index (χ2v) is 8.61. The molecule has 3 rings (SSSR count). The Hall–Kier alpha value is -3.45. The minimum atomic E-state index is -0.601. The van der Waals surface area contributed by atoms with E-state index in [0.717, 1.165) is 27.1 Å². The summed E-state index contributed by atoms with van der Waals surface area (Å²) >= 11 is 1.31. The average molecular weight is 436 g/mol. The number of carbonyl (C=O) groups is 3. The molecule has 3 aromatic rings. The van der Waals surface area contributed by atoms with E-state index in [2.05, 4.69) is 10.6 Å². The van der Waals surface area contributed by atoms with E-state index in [-0.39, 0.29) is 18.2 Å². The molecule has 1 atom stereocenters. The number of amides is 3. The van der Waals surface area contributed by atoms with Gasteiger partial charge in [0.1, 0.15) is 5.00 Å². The fourth-order valence-corrected chi connectivity index (χ4v) is 4.58. The van der Waals surface area contributed by atoms with Crippen LogP contribution in [0.1, 0.15) is 45.7 Å². The summed E-state index contributed by atoms with van der Waals surface area (Å²) in [6.07, 6.45) is 0.0263. The predicted molar refractivity (Wildman–Crippen MR) is 124 cm³/mol. The third-order valence-corrected chi connectivity index (χ3v) is 5.91. The summed E-state index contributed by atoms with van der Waals surface area (Å²) in [5, 5.41) is 6.08. The molecule has 2 aromatic carbocycles. The van der Waals surface area contributed by atoms with Gasteiger partial charge in [0.15, 0.2) is 0 Å². The van der Waals surface area contributed by atoms with E-state index in [4.69, 9.17) is 5.73 Å². The summed E-state index contributed by atoms with van der Waals surface area (Å²) in [5.74, 6) is -1.15. The van der Waals surface area contributed by atoms with E-state index in [9.17, 15) is 14.4 Å². The van der Waals surface area contributed by atoms with Crippen molar-refractivity contribution < 1.29 is 14.4 Å². The Morgan fingerprint density at radius 3 is 2.23 bits per heavy atom. The number of nitrogens with two attached hydrogens (primary N) is 1. The Balaban J connectivity index is 1.87. The molecule has 0 radical (unpaired) electrons. The normalized spacial score (nSPS) is 11.6. The number of anilines is 1. The number of benzene rings is 2. The van der Waals surface area contributed by atoms with Crippen molar-refractivity contribution in [2.45, 2.75) is 33.2 Å². The van der Waals surface area contributed by atoms with E-state index >= 15 is 0 Å². The molecule has 0 spiro atoms. The Kier molecular flexibility index (Phi) is 6.87. The maximum atomic E-state index is 12.9. The fraction of sp³-hybridized carbons (Fsp3) is 0.208. The van der Waals surface area contributed by atoms with Crippen LogP contribution in [0.5, 0.6) is 0 Å².